The van der Waals surface area contributed by atoms with Gasteiger partial charge < -0.3 is 15.4 Å². The molecule has 3 N–H and O–H groups in total. The Labute approximate surface area is 72.8 Å². The molecule has 1 aromatic rings. The van der Waals surface area contributed by atoms with Gasteiger partial charge in [-0.1, -0.05) is 6.92 Å². The Hall–Kier alpha value is -0.800. The lowest BCUT2D eigenvalue weighted by molar-refractivity contribution is 0.238. The van der Waals surface area contributed by atoms with Crippen LogP contribution >= 0.6 is 0 Å². The zero-order chi connectivity index (χ0) is 8.81. The summed E-state index contributed by atoms with van der Waals surface area (Å²) in [5.41, 5.74) is 1.22. The highest BCUT2D eigenvalue weighted by Gasteiger charge is 2.02. The van der Waals surface area contributed by atoms with E-state index in [0.29, 0.717) is 0 Å². The molecule has 1 heterocycles. The number of nitrogens with one attached hydrogen (secondary N) is 2. The van der Waals surface area contributed by atoms with Crippen LogP contribution in [0, 0.1) is 0 Å². The molecule has 0 aliphatic carbocycles. The van der Waals surface area contributed by atoms with Crippen molar-refractivity contribution in [2.24, 2.45) is 0 Å². The second kappa shape index (κ2) is 4.95. The minimum atomic E-state index is 0.209. The monoisotopic (exact) mass is 168 g/mol. The van der Waals surface area contributed by atoms with Gasteiger partial charge in [0.05, 0.1) is 6.61 Å². The van der Waals surface area contributed by atoms with Crippen molar-refractivity contribution < 1.29 is 5.11 Å². The Balaban J connectivity index is 2.25. The van der Waals surface area contributed by atoms with Gasteiger partial charge in [0.2, 0.25) is 0 Å². The Kier molecular flexibility index (Phi) is 3.84. The van der Waals surface area contributed by atoms with Gasteiger partial charge in [-0.05, 0) is 18.1 Å². The number of hydrogen-bond donors (Lipinski definition) is 3. The van der Waals surface area contributed by atoms with E-state index < -0.39 is 0 Å². The summed E-state index contributed by atoms with van der Waals surface area (Å²) in [4.78, 5) is 2.99. The molecule has 1 aromatic heterocycles. The molecular formula is C9H16N2O. The molecule has 68 valence electrons. The van der Waals surface area contributed by atoms with Crippen molar-refractivity contribution in [2.75, 3.05) is 6.61 Å². The number of H-pyrrole nitrogens is 1. The summed E-state index contributed by atoms with van der Waals surface area (Å²) in [7, 11) is 0. The number of aliphatic hydroxyl groups excluding tert-OH is 1. The van der Waals surface area contributed by atoms with Gasteiger partial charge in [0.15, 0.2) is 0 Å². The van der Waals surface area contributed by atoms with Crippen LogP contribution in [0.1, 0.15) is 18.9 Å². The van der Waals surface area contributed by atoms with Crippen molar-refractivity contribution in [2.45, 2.75) is 25.9 Å². The van der Waals surface area contributed by atoms with Gasteiger partial charge in [-0.25, -0.2) is 0 Å². The van der Waals surface area contributed by atoms with E-state index in [-0.39, 0.29) is 12.6 Å². The minimum absolute atomic E-state index is 0.209. The fourth-order valence-electron chi connectivity index (χ4n) is 1.07. The third-order valence-corrected chi connectivity index (χ3v) is 1.97. The topological polar surface area (TPSA) is 48.0 Å². The van der Waals surface area contributed by atoms with Crippen LogP contribution < -0.4 is 5.32 Å². The molecule has 0 bridgehead atoms. The number of aromatic nitrogens is 1. The van der Waals surface area contributed by atoms with Crippen LogP contribution in [-0.4, -0.2) is 22.7 Å². The summed E-state index contributed by atoms with van der Waals surface area (Å²) in [5.74, 6) is 0. The van der Waals surface area contributed by atoms with Crippen molar-refractivity contribution in [1.82, 2.24) is 10.3 Å². The molecule has 0 fully saturated rings. The van der Waals surface area contributed by atoms with E-state index in [9.17, 15) is 0 Å². The molecule has 3 heteroatoms. The molecule has 12 heavy (non-hydrogen) atoms. The van der Waals surface area contributed by atoms with Crippen LogP contribution in [0.2, 0.25) is 0 Å². The maximum absolute atomic E-state index is 8.88. The standard InChI is InChI=1S/C9H16N2O/c1-2-9(7-12)11-6-8-3-4-10-5-8/h3-5,9-12H,2,6-7H2,1H3. The second-order valence-corrected chi connectivity index (χ2v) is 2.89. The molecular weight excluding hydrogens is 152 g/mol. The van der Waals surface area contributed by atoms with Crippen LogP contribution in [0.5, 0.6) is 0 Å². The Bertz CT molecular complexity index is 192. The van der Waals surface area contributed by atoms with Crippen LogP contribution in [0.25, 0.3) is 0 Å². The summed E-state index contributed by atoms with van der Waals surface area (Å²) in [5, 5.41) is 12.1. The molecule has 0 aliphatic rings. The summed E-state index contributed by atoms with van der Waals surface area (Å²) in [6.07, 6.45) is 4.81. The van der Waals surface area contributed by atoms with Crippen molar-refractivity contribution in [1.29, 1.82) is 0 Å². The van der Waals surface area contributed by atoms with Gasteiger partial charge >= 0.3 is 0 Å². The lowest BCUT2D eigenvalue weighted by Crippen LogP contribution is -2.30. The Morgan fingerprint density at radius 1 is 1.67 bits per heavy atom. The highest BCUT2D eigenvalue weighted by atomic mass is 16.3. The van der Waals surface area contributed by atoms with E-state index in [1.807, 2.05) is 18.5 Å². The number of aliphatic hydroxyl groups is 1. The third-order valence-electron chi connectivity index (χ3n) is 1.97. The molecule has 3 nitrogen and oxygen atoms in total. The first-order valence-electron chi connectivity index (χ1n) is 4.32. The first kappa shape index (κ1) is 9.29. The van der Waals surface area contributed by atoms with Gasteiger partial charge in [-0.3, -0.25) is 0 Å². The van der Waals surface area contributed by atoms with Gasteiger partial charge in [0.25, 0.3) is 0 Å². The highest BCUT2D eigenvalue weighted by Crippen LogP contribution is 1.97. The average Bonchev–Trinajstić information content (AvgIpc) is 2.59. The molecule has 0 saturated heterocycles. The number of aromatic amines is 1. The van der Waals surface area contributed by atoms with Gasteiger partial charge in [0, 0.05) is 25.0 Å². The summed E-state index contributed by atoms with van der Waals surface area (Å²) >= 11 is 0. The molecule has 0 amide bonds. The zero-order valence-corrected chi connectivity index (χ0v) is 7.38. The maximum atomic E-state index is 8.88. The van der Waals surface area contributed by atoms with Crippen LogP contribution in [0.3, 0.4) is 0 Å². The smallest absolute Gasteiger partial charge is 0.0584 e. The molecule has 0 saturated carbocycles. The molecule has 0 radical (unpaired) electrons. The summed E-state index contributed by atoms with van der Waals surface area (Å²) in [6, 6.07) is 2.25. The molecule has 0 aliphatic heterocycles. The SMILES string of the molecule is CCC(CO)NCc1cc[nH]c1. The average molecular weight is 168 g/mol. The van der Waals surface area contributed by atoms with E-state index in [1.54, 1.807) is 0 Å². The third kappa shape index (κ3) is 2.68. The predicted molar refractivity (Wildman–Crippen MR) is 48.8 cm³/mol. The normalized spacial score (nSPS) is 13.2. The van der Waals surface area contributed by atoms with Crippen molar-refractivity contribution in [3.63, 3.8) is 0 Å². The maximum Gasteiger partial charge on any atom is 0.0584 e. The van der Waals surface area contributed by atoms with E-state index in [4.69, 9.17) is 5.11 Å². The lowest BCUT2D eigenvalue weighted by Gasteiger charge is -2.12. The lowest BCUT2D eigenvalue weighted by atomic mass is 10.2. The molecule has 0 aromatic carbocycles. The second-order valence-electron chi connectivity index (χ2n) is 2.89. The van der Waals surface area contributed by atoms with E-state index >= 15 is 0 Å². The molecule has 0 spiro atoms. The first-order chi connectivity index (χ1) is 5.86. The fourth-order valence-corrected chi connectivity index (χ4v) is 1.07. The zero-order valence-electron chi connectivity index (χ0n) is 7.38. The van der Waals surface area contributed by atoms with E-state index in [0.717, 1.165) is 13.0 Å². The fraction of sp³-hybridized carbons (Fsp3) is 0.556. The van der Waals surface area contributed by atoms with E-state index in [2.05, 4.69) is 17.2 Å². The van der Waals surface area contributed by atoms with Crippen molar-refractivity contribution >= 4 is 0 Å². The predicted octanol–water partition coefficient (Wildman–Crippen LogP) is 0.875. The van der Waals surface area contributed by atoms with Gasteiger partial charge in [-0.2, -0.15) is 0 Å². The Morgan fingerprint density at radius 2 is 2.50 bits per heavy atom. The van der Waals surface area contributed by atoms with Crippen molar-refractivity contribution in [3.05, 3.63) is 24.0 Å². The minimum Gasteiger partial charge on any atom is -0.395 e. The molecule has 1 unspecified atom stereocenters. The van der Waals surface area contributed by atoms with Gasteiger partial charge in [-0.15, -0.1) is 0 Å². The molecule has 1 atom stereocenters. The summed E-state index contributed by atoms with van der Waals surface area (Å²) < 4.78 is 0. The molecule has 1 rings (SSSR count). The van der Waals surface area contributed by atoms with Crippen LogP contribution in [-0.2, 0) is 6.54 Å². The first-order valence-corrected chi connectivity index (χ1v) is 4.32. The van der Waals surface area contributed by atoms with Gasteiger partial charge in [0.1, 0.15) is 0 Å². The van der Waals surface area contributed by atoms with Crippen LogP contribution in [0.15, 0.2) is 18.5 Å². The van der Waals surface area contributed by atoms with E-state index in [1.165, 1.54) is 5.56 Å². The largest absolute Gasteiger partial charge is 0.395 e. The van der Waals surface area contributed by atoms with Crippen molar-refractivity contribution in [3.8, 4) is 0 Å². The number of rotatable bonds is 5. The summed E-state index contributed by atoms with van der Waals surface area (Å²) in [6.45, 7) is 3.09. The number of hydrogen-bond acceptors (Lipinski definition) is 2. The van der Waals surface area contributed by atoms with Crippen LogP contribution in [0.4, 0.5) is 0 Å². The quantitative estimate of drug-likeness (QED) is 0.611. The Morgan fingerprint density at radius 3 is 3.00 bits per heavy atom. The highest BCUT2D eigenvalue weighted by molar-refractivity contribution is 5.07.